The van der Waals surface area contributed by atoms with Gasteiger partial charge in [0.1, 0.15) is 0 Å². The Kier molecular flexibility index (Phi) is 5.83. The predicted molar refractivity (Wildman–Crippen MR) is 94.6 cm³/mol. The van der Waals surface area contributed by atoms with Crippen LogP contribution in [-0.2, 0) is 0 Å². The number of ether oxygens (including phenoxy) is 1. The molecule has 0 aliphatic carbocycles. The first kappa shape index (κ1) is 17.6. The van der Waals surface area contributed by atoms with Crippen LogP contribution in [-0.4, -0.2) is 39.8 Å². The molecule has 1 aliphatic rings. The molecule has 136 valence electrons. The van der Waals surface area contributed by atoms with Crippen LogP contribution in [0, 0.1) is 11.8 Å². The molecular formula is C18H27N5O2. The molecule has 1 atom stereocenters. The van der Waals surface area contributed by atoms with E-state index in [0.29, 0.717) is 36.4 Å². The minimum Gasteiger partial charge on any atom is -0.463 e. The highest BCUT2D eigenvalue weighted by Gasteiger charge is 2.26. The summed E-state index contributed by atoms with van der Waals surface area (Å²) in [6.45, 7) is 9.05. The van der Waals surface area contributed by atoms with Gasteiger partial charge in [-0.1, -0.05) is 25.9 Å². The van der Waals surface area contributed by atoms with Gasteiger partial charge in [0.05, 0.1) is 6.61 Å². The topological polar surface area (TPSA) is 77.2 Å². The van der Waals surface area contributed by atoms with Crippen molar-refractivity contribution in [2.24, 2.45) is 11.8 Å². The van der Waals surface area contributed by atoms with Crippen LogP contribution in [0.3, 0.4) is 0 Å². The summed E-state index contributed by atoms with van der Waals surface area (Å²) in [5, 5.41) is 4.06. The van der Waals surface area contributed by atoms with Crippen molar-refractivity contribution in [2.75, 3.05) is 24.6 Å². The lowest BCUT2D eigenvalue weighted by Gasteiger charge is -2.33. The van der Waals surface area contributed by atoms with Crippen LogP contribution in [0.2, 0.25) is 0 Å². The second kappa shape index (κ2) is 8.27. The van der Waals surface area contributed by atoms with E-state index in [9.17, 15) is 0 Å². The van der Waals surface area contributed by atoms with Crippen LogP contribution >= 0.6 is 0 Å². The molecule has 3 heterocycles. The first-order chi connectivity index (χ1) is 12.1. The maximum Gasteiger partial charge on any atom is 0.324 e. The summed E-state index contributed by atoms with van der Waals surface area (Å²) < 4.78 is 11.0. The van der Waals surface area contributed by atoms with Gasteiger partial charge in [-0.25, -0.2) is 9.97 Å². The molecule has 2 aromatic heterocycles. The molecule has 0 spiro atoms. The van der Waals surface area contributed by atoms with Gasteiger partial charge in [0.15, 0.2) is 5.82 Å². The summed E-state index contributed by atoms with van der Waals surface area (Å²) in [4.78, 5) is 14.9. The third-order valence-electron chi connectivity index (χ3n) is 4.91. The molecule has 0 amide bonds. The quantitative estimate of drug-likeness (QED) is 0.762. The Morgan fingerprint density at radius 1 is 1.20 bits per heavy atom. The van der Waals surface area contributed by atoms with Gasteiger partial charge in [-0.2, -0.15) is 4.98 Å². The highest BCUT2D eigenvalue weighted by atomic mass is 16.5. The van der Waals surface area contributed by atoms with E-state index in [0.717, 1.165) is 38.2 Å². The number of aromatic nitrogens is 4. The van der Waals surface area contributed by atoms with Crippen molar-refractivity contribution in [3.63, 3.8) is 0 Å². The minimum absolute atomic E-state index is 0.295. The van der Waals surface area contributed by atoms with Crippen LogP contribution in [0.5, 0.6) is 6.01 Å². The number of piperidine rings is 1. The SMILES string of the molecule is CC(C)c1noc(N2CCC([C@H](C)CCOc3ncccn3)CC2)n1. The molecular weight excluding hydrogens is 318 g/mol. The Morgan fingerprint density at radius 2 is 1.92 bits per heavy atom. The monoisotopic (exact) mass is 345 g/mol. The Balaban J connectivity index is 1.41. The molecule has 7 nitrogen and oxygen atoms in total. The van der Waals surface area contributed by atoms with Gasteiger partial charge in [0.2, 0.25) is 0 Å². The fourth-order valence-corrected chi connectivity index (χ4v) is 3.18. The molecule has 3 rings (SSSR count). The summed E-state index contributed by atoms with van der Waals surface area (Å²) >= 11 is 0. The molecule has 0 N–H and O–H groups in total. The van der Waals surface area contributed by atoms with Crippen LogP contribution in [0.1, 0.15) is 51.8 Å². The third kappa shape index (κ3) is 4.67. The van der Waals surface area contributed by atoms with Crippen molar-refractivity contribution in [2.45, 2.75) is 46.0 Å². The highest BCUT2D eigenvalue weighted by Crippen LogP contribution is 2.29. The van der Waals surface area contributed by atoms with Crippen LogP contribution in [0.25, 0.3) is 0 Å². The van der Waals surface area contributed by atoms with Gasteiger partial charge in [0.25, 0.3) is 0 Å². The third-order valence-corrected chi connectivity index (χ3v) is 4.91. The molecule has 0 unspecified atom stereocenters. The van der Waals surface area contributed by atoms with E-state index in [1.54, 1.807) is 18.5 Å². The zero-order valence-corrected chi connectivity index (χ0v) is 15.3. The largest absolute Gasteiger partial charge is 0.463 e. The van der Waals surface area contributed by atoms with Gasteiger partial charge >= 0.3 is 12.0 Å². The number of hydrogen-bond donors (Lipinski definition) is 0. The summed E-state index contributed by atoms with van der Waals surface area (Å²) in [5.41, 5.74) is 0. The Bertz CT molecular complexity index is 638. The van der Waals surface area contributed by atoms with E-state index >= 15 is 0 Å². The number of hydrogen-bond acceptors (Lipinski definition) is 7. The van der Waals surface area contributed by atoms with Crippen LogP contribution in [0.4, 0.5) is 6.01 Å². The first-order valence-electron chi connectivity index (χ1n) is 9.12. The maximum atomic E-state index is 5.62. The fraction of sp³-hybridized carbons (Fsp3) is 0.667. The van der Waals surface area contributed by atoms with E-state index in [1.807, 2.05) is 0 Å². The molecule has 1 saturated heterocycles. The lowest BCUT2D eigenvalue weighted by molar-refractivity contribution is 0.212. The first-order valence-corrected chi connectivity index (χ1v) is 9.12. The predicted octanol–water partition coefficient (Wildman–Crippen LogP) is 3.30. The maximum absolute atomic E-state index is 5.62. The summed E-state index contributed by atoms with van der Waals surface area (Å²) in [5.74, 6) is 2.39. The standard InChI is InChI=1S/C18H27N5O2/c1-13(2)16-21-18(25-22-16)23-10-5-15(6-11-23)14(3)7-12-24-17-19-8-4-9-20-17/h4,8-9,13-15H,5-7,10-12H2,1-3H3/t14-/m1/s1. The summed E-state index contributed by atoms with van der Waals surface area (Å²) in [6, 6.07) is 2.91. The number of anilines is 1. The lowest BCUT2D eigenvalue weighted by atomic mass is 9.84. The van der Waals surface area contributed by atoms with Crippen molar-refractivity contribution < 1.29 is 9.26 Å². The van der Waals surface area contributed by atoms with Crippen LogP contribution in [0.15, 0.2) is 23.0 Å². The average Bonchev–Trinajstić information content (AvgIpc) is 3.13. The van der Waals surface area contributed by atoms with Gasteiger partial charge in [0, 0.05) is 31.4 Å². The molecule has 1 aliphatic heterocycles. The van der Waals surface area contributed by atoms with E-state index in [-0.39, 0.29) is 0 Å². The van der Waals surface area contributed by atoms with Crippen molar-refractivity contribution in [1.82, 2.24) is 20.1 Å². The Hall–Kier alpha value is -2.18. The van der Waals surface area contributed by atoms with Crippen molar-refractivity contribution in [3.05, 3.63) is 24.3 Å². The molecule has 1 fully saturated rings. The zero-order chi connectivity index (χ0) is 17.6. The average molecular weight is 345 g/mol. The van der Waals surface area contributed by atoms with E-state index < -0.39 is 0 Å². The molecule has 0 radical (unpaired) electrons. The summed E-state index contributed by atoms with van der Waals surface area (Å²) in [7, 11) is 0. The van der Waals surface area contributed by atoms with E-state index in [2.05, 4.69) is 45.8 Å². The summed E-state index contributed by atoms with van der Waals surface area (Å²) in [6.07, 6.45) is 6.69. The fourth-order valence-electron chi connectivity index (χ4n) is 3.18. The van der Waals surface area contributed by atoms with Gasteiger partial charge in [-0.05, 0) is 37.2 Å². The van der Waals surface area contributed by atoms with Crippen LogP contribution < -0.4 is 9.64 Å². The Labute approximate surface area is 148 Å². The van der Waals surface area contributed by atoms with Gasteiger partial charge in [-0.3, -0.25) is 0 Å². The number of rotatable bonds is 7. The Morgan fingerprint density at radius 3 is 2.56 bits per heavy atom. The normalized spacial score (nSPS) is 17.0. The zero-order valence-electron chi connectivity index (χ0n) is 15.3. The minimum atomic E-state index is 0.295. The smallest absolute Gasteiger partial charge is 0.324 e. The van der Waals surface area contributed by atoms with Crippen molar-refractivity contribution in [1.29, 1.82) is 0 Å². The molecule has 0 saturated carbocycles. The number of nitrogens with zero attached hydrogens (tertiary/aromatic N) is 5. The molecule has 7 heteroatoms. The highest BCUT2D eigenvalue weighted by molar-refractivity contribution is 5.26. The van der Waals surface area contributed by atoms with Crippen molar-refractivity contribution in [3.8, 4) is 6.01 Å². The van der Waals surface area contributed by atoms with E-state index in [4.69, 9.17) is 9.26 Å². The van der Waals surface area contributed by atoms with Gasteiger partial charge < -0.3 is 14.2 Å². The molecule has 0 bridgehead atoms. The second-order valence-corrected chi connectivity index (χ2v) is 7.06. The van der Waals surface area contributed by atoms with Gasteiger partial charge in [-0.15, -0.1) is 0 Å². The van der Waals surface area contributed by atoms with E-state index in [1.165, 1.54) is 0 Å². The second-order valence-electron chi connectivity index (χ2n) is 7.06. The van der Waals surface area contributed by atoms with Crippen molar-refractivity contribution >= 4 is 6.01 Å². The molecule has 0 aromatic carbocycles. The molecule has 25 heavy (non-hydrogen) atoms. The lowest BCUT2D eigenvalue weighted by Crippen LogP contribution is -2.36. The molecule has 2 aromatic rings.